The van der Waals surface area contributed by atoms with E-state index in [-0.39, 0.29) is 75.6 Å². The van der Waals surface area contributed by atoms with Crippen molar-refractivity contribution < 1.29 is 76.6 Å². The molecule has 12 unspecified atom stereocenters. The van der Waals surface area contributed by atoms with Gasteiger partial charge < -0.3 is 43.6 Å². The Bertz CT molecular complexity index is 2880. The quantitative estimate of drug-likeness (QED) is 0.0734. The van der Waals surface area contributed by atoms with Gasteiger partial charge in [-0.05, 0) is 245 Å². The minimum Gasteiger partial charge on any atom is -0.459 e. The van der Waals surface area contributed by atoms with Crippen LogP contribution in [0.15, 0.2) is 0 Å². The van der Waals surface area contributed by atoms with Crippen LogP contribution < -0.4 is 5.32 Å². The fraction of sp³-hybridized carbons (Fsp3) is 0.878. The molecule has 2 saturated heterocycles. The maximum atomic E-state index is 13.3. The van der Waals surface area contributed by atoms with Crippen molar-refractivity contribution in [2.75, 3.05) is 6.61 Å². The Morgan fingerprint density at radius 3 is 1.65 bits per heavy atom. The Morgan fingerprint density at radius 1 is 0.598 bits per heavy atom. The average Bonchev–Trinajstić information content (AvgIpc) is 1.48. The maximum absolute atomic E-state index is 13.3. The van der Waals surface area contributed by atoms with Crippen molar-refractivity contribution in [2.24, 2.45) is 91.2 Å². The Kier molecular flexibility index (Phi) is 18.8. The molecule has 15 aliphatic rings. The molecule has 13 saturated carbocycles. The van der Waals surface area contributed by atoms with E-state index < -0.39 is 87.1 Å². The van der Waals surface area contributed by atoms with Gasteiger partial charge in [-0.15, -0.1) is 0 Å². The average molecular weight is 1290 g/mol. The number of carbonyl (C=O) groups is 8. The summed E-state index contributed by atoms with van der Waals surface area (Å²) in [6, 6.07) is 1.91. The zero-order valence-corrected chi connectivity index (χ0v) is 58.4. The van der Waals surface area contributed by atoms with E-state index in [0.717, 1.165) is 101 Å². The number of amides is 1. The van der Waals surface area contributed by atoms with Crippen LogP contribution in [0.1, 0.15) is 264 Å². The number of hydrogen-bond acceptors (Lipinski definition) is 17. The molecule has 92 heavy (non-hydrogen) atoms. The normalized spacial score (nSPS) is 38.9. The van der Waals surface area contributed by atoms with E-state index in [4.69, 9.17) is 33.2 Å². The zero-order chi connectivity index (χ0) is 67.4. The maximum Gasteiger partial charge on any atom is 0.344 e. The number of esters is 7. The van der Waals surface area contributed by atoms with Crippen LogP contribution in [-0.4, -0.2) is 106 Å². The lowest BCUT2D eigenvalue weighted by atomic mass is 9.46. The van der Waals surface area contributed by atoms with Crippen molar-refractivity contribution in [3.8, 4) is 6.07 Å². The fourth-order valence-electron chi connectivity index (χ4n) is 20.0. The molecule has 0 aromatic rings. The summed E-state index contributed by atoms with van der Waals surface area (Å²) >= 11 is 0. The number of hydrogen-bond donors (Lipinski definition) is 2. The predicted octanol–water partition coefficient (Wildman–Crippen LogP) is 12.5. The molecule has 1 amide bonds. The molecular weight excluding hydrogens is 1170 g/mol. The standard InChI is InChI=1S/C22H33NO5.C19H32O2.C17H21NO6.C16H26O3/c1-5-20(3,4)17(24)23-15-13-11-14-16(15)27-18(25)22(14,12-13)19(26)28-21(6-2)9-7-8-10-21;1-6-17(2,3)16(20)21-18(4,5)19-10-13-7-14(11-19)9-15(8-13)12-19;1-4-16(2,3)14(20)22-7-11(19)23-12-9-5-10-13(12)24-15(21)17(10,6-9)8-18;1-4-14(2,3)13(17)19-16-8-11-5-12(9-16)7-15(18,6-11)10-16/h13-16H,5-12H2,1-4H3,(H,23,24);13-15H,6-12H2,1-5H3;9-10,12-13H,4-7H2,1-3H3;11-12,18H,4-10H2,1-3H3. The number of rotatable bonds is 18. The second-order valence-corrected chi connectivity index (χ2v) is 34.9. The van der Waals surface area contributed by atoms with Gasteiger partial charge in [0, 0.05) is 35.0 Å². The molecule has 15 rings (SSSR count). The lowest BCUT2D eigenvalue weighted by Crippen LogP contribution is -2.61. The Hall–Kier alpha value is -4.79. The van der Waals surface area contributed by atoms with E-state index in [0.29, 0.717) is 43.9 Å². The van der Waals surface area contributed by atoms with Crippen molar-refractivity contribution in [2.45, 2.75) is 311 Å². The van der Waals surface area contributed by atoms with Gasteiger partial charge >= 0.3 is 41.8 Å². The highest BCUT2D eigenvalue weighted by molar-refractivity contribution is 6.03. The molecule has 0 spiro atoms. The summed E-state index contributed by atoms with van der Waals surface area (Å²) in [5, 5.41) is 23.1. The lowest BCUT2D eigenvalue weighted by molar-refractivity contribution is -0.225. The monoisotopic (exact) mass is 1280 g/mol. The molecule has 12 bridgehead atoms. The molecule has 12 atom stereocenters. The molecule has 2 aliphatic heterocycles. The van der Waals surface area contributed by atoms with Crippen LogP contribution in [0.4, 0.5) is 0 Å². The molecule has 514 valence electrons. The van der Waals surface area contributed by atoms with Crippen LogP contribution in [0.5, 0.6) is 0 Å². The van der Waals surface area contributed by atoms with Gasteiger partial charge in [-0.3, -0.25) is 33.6 Å². The number of aliphatic hydroxyl groups is 1. The van der Waals surface area contributed by atoms with Crippen LogP contribution in [0.2, 0.25) is 0 Å². The number of nitrogens with one attached hydrogen (secondary N) is 1. The van der Waals surface area contributed by atoms with Gasteiger partial charge in [0.15, 0.2) is 17.4 Å². The number of carbonyl (C=O) groups excluding carboxylic acids is 8. The molecule has 2 heterocycles. The first-order chi connectivity index (χ1) is 42.9. The van der Waals surface area contributed by atoms with Crippen molar-refractivity contribution in [1.82, 2.24) is 5.32 Å². The molecule has 0 aromatic heterocycles. The number of nitrogens with zero attached hydrogens (tertiary/aromatic N) is 1. The summed E-state index contributed by atoms with van der Waals surface area (Å²) in [5.74, 6) is 0.919. The minimum absolute atomic E-state index is 0.00857. The van der Waals surface area contributed by atoms with Gasteiger partial charge in [0.2, 0.25) is 5.91 Å². The first-order valence-corrected chi connectivity index (χ1v) is 35.8. The first kappa shape index (κ1) is 70.0. The SMILES string of the molecule is CCC(C)(C)C(=O)OC(C)(C)C12CC3CC(CC(C3)C1)C2.CCC(C)(C)C(=O)OC12CC3CC(CC(O)(C3)C1)C2.CCC(C)(C)C(=O)OCC(=O)OC1C2CC3C1OC(=O)C3(C#N)C2.CCC1(OC(=O)C23CC4CC2C(OC3=O)C4NC(=O)C(C)(C)CC)CCCC1. The summed E-state index contributed by atoms with van der Waals surface area (Å²) in [7, 11) is 0. The second kappa shape index (κ2) is 24.7. The number of nitriles is 1. The summed E-state index contributed by atoms with van der Waals surface area (Å²) < 4.78 is 39.6. The third kappa shape index (κ3) is 12.5. The Morgan fingerprint density at radius 2 is 1.12 bits per heavy atom. The molecule has 0 radical (unpaired) electrons. The van der Waals surface area contributed by atoms with E-state index in [9.17, 15) is 48.7 Å². The highest BCUT2D eigenvalue weighted by Crippen LogP contribution is 2.67. The molecule has 15 fully saturated rings. The van der Waals surface area contributed by atoms with Crippen LogP contribution in [0, 0.1) is 102 Å². The van der Waals surface area contributed by atoms with Gasteiger partial charge in [0.1, 0.15) is 35.1 Å². The van der Waals surface area contributed by atoms with Gasteiger partial charge in [-0.2, -0.15) is 5.26 Å². The van der Waals surface area contributed by atoms with E-state index in [1.165, 1.54) is 44.9 Å². The number of ether oxygens (including phenoxy) is 7. The van der Waals surface area contributed by atoms with Gasteiger partial charge in [0.25, 0.3) is 0 Å². The highest BCUT2D eigenvalue weighted by Gasteiger charge is 2.76. The first-order valence-electron chi connectivity index (χ1n) is 35.8. The van der Waals surface area contributed by atoms with Crippen molar-refractivity contribution in [1.29, 1.82) is 5.26 Å². The van der Waals surface area contributed by atoms with Gasteiger partial charge in [0.05, 0.1) is 34.0 Å². The van der Waals surface area contributed by atoms with E-state index in [1.54, 1.807) is 13.8 Å². The third-order valence-corrected chi connectivity index (χ3v) is 26.9. The lowest BCUT2D eigenvalue weighted by Gasteiger charge is -2.61. The summed E-state index contributed by atoms with van der Waals surface area (Å²) in [5.41, 5.74) is -5.48. The summed E-state index contributed by atoms with van der Waals surface area (Å²) in [6.45, 7) is 29.1. The van der Waals surface area contributed by atoms with Crippen LogP contribution in [-0.2, 0) is 71.5 Å². The third-order valence-electron chi connectivity index (χ3n) is 26.9. The van der Waals surface area contributed by atoms with Crippen molar-refractivity contribution in [3.63, 3.8) is 0 Å². The van der Waals surface area contributed by atoms with Crippen molar-refractivity contribution >= 4 is 47.7 Å². The largest absolute Gasteiger partial charge is 0.459 e. The Labute approximate surface area is 547 Å². The van der Waals surface area contributed by atoms with Gasteiger partial charge in [-0.1, -0.05) is 48.5 Å². The van der Waals surface area contributed by atoms with E-state index in [2.05, 4.69) is 32.2 Å². The molecule has 18 nitrogen and oxygen atoms in total. The van der Waals surface area contributed by atoms with E-state index in [1.807, 2.05) is 69.2 Å². The molecule has 13 aliphatic carbocycles. The van der Waals surface area contributed by atoms with Crippen LogP contribution >= 0.6 is 0 Å². The van der Waals surface area contributed by atoms with E-state index >= 15 is 0 Å². The molecular formula is C74H112N2O16. The zero-order valence-electron chi connectivity index (χ0n) is 58.4. The van der Waals surface area contributed by atoms with Crippen LogP contribution in [0.3, 0.4) is 0 Å². The fourth-order valence-corrected chi connectivity index (χ4v) is 20.0. The van der Waals surface area contributed by atoms with Crippen LogP contribution in [0.25, 0.3) is 0 Å². The second-order valence-electron chi connectivity index (χ2n) is 34.9. The van der Waals surface area contributed by atoms with Gasteiger partial charge in [-0.25, -0.2) is 4.79 Å². The Balaban J connectivity index is 0.000000136. The van der Waals surface area contributed by atoms with Crippen molar-refractivity contribution in [3.05, 3.63) is 0 Å². The summed E-state index contributed by atoms with van der Waals surface area (Å²) in [4.78, 5) is 99.6. The smallest absolute Gasteiger partial charge is 0.344 e. The topological polar surface area (TPSA) is 257 Å². The molecule has 2 N–H and O–H groups in total. The predicted molar refractivity (Wildman–Crippen MR) is 339 cm³/mol. The summed E-state index contributed by atoms with van der Waals surface area (Å²) in [6.07, 6.45) is 22.1. The highest BCUT2D eigenvalue weighted by atomic mass is 16.6. The molecule has 18 heteroatoms. The molecule has 0 aromatic carbocycles. The number of fused-ring (bicyclic) bond motifs is 2. The minimum atomic E-state index is -1.15.